The van der Waals surface area contributed by atoms with Crippen LogP contribution in [0.1, 0.15) is 38.3 Å². The lowest BCUT2D eigenvalue weighted by Gasteiger charge is -2.23. The molecule has 0 bridgehead atoms. The first-order valence-corrected chi connectivity index (χ1v) is 6.11. The zero-order chi connectivity index (χ0) is 11.4. The Morgan fingerprint density at radius 2 is 2.25 bits per heavy atom. The van der Waals surface area contributed by atoms with Crippen LogP contribution in [-0.4, -0.2) is 22.6 Å². The van der Waals surface area contributed by atoms with Gasteiger partial charge in [-0.2, -0.15) is 0 Å². The van der Waals surface area contributed by atoms with Crippen LogP contribution < -0.4 is 5.32 Å². The molecule has 0 spiro atoms. The average molecular weight is 219 g/mol. The first-order chi connectivity index (χ1) is 7.77. The van der Waals surface area contributed by atoms with Crippen LogP contribution in [0.4, 0.5) is 0 Å². The van der Waals surface area contributed by atoms with Crippen molar-refractivity contribution in [1.29, 1.82) is 0 Å². The standard InChI is InChI=1S/C13H21N3/c1-11(2)5-8-16-10-15-9-13(16)12-3-6-14-7-4-12/h5,9-10,12,14H,3-4,6-8H2,1-2H3. The third kappa shape index (κ3) is 2.73. The summed E-state index contributed by atoms with van der Waals surface area (Å²) in [7, 11) is 0. The summed E-state index contributed by atoms with van der Waals surface area (Å²) in [5.74, 6) is 0.689. The number of hydrogen-bond acceptors (Lipinski definition) is 2. The molecule has 0 amide bonds. The maximum atomic E-state index is 4.29. The Labute approximate surface area is 97.6 Å². The Kier molecular flexibility index (Phi) is 3.78. The smallest absolute Gasteiger partial charge is 0.0951 e. The highest BCUT2D eigenvalue weighted by Gasteiger charge is 2.18. The largest absolute Gasteiger partial charge is 0.331 e. The van der Waals surface area contributed by atoms with E-state index >= 15 is 0 Å². The van der Waals surface area contributed by atoms with E-state index in [9.17, 15) is 0 Å². The van der Waals surface area contributed by atoms with Crippen LogP contribution in [0.5, 0.6) is 0 Å². The van der Waals surface area contributed by atoms with Gasteiger partial charge >= 0.3 is 0 Å². The molecule has 1 aromatic heterocycles. The molecule has 2 rings (SSSR count). The molecule has 1 aliphatic rings. The molecule has 3 heteroatoms. The van der Waals surface area contributed by atoms with Crippen LogP contribution in [-0.2, 0) is 6.54 Å². The van der Waals surface area contributed by atoms with Crippen molar-refractivity contribution in [2.24, 2.45) is 0 Å². The van der Waals surface area contributed by atoms with Crippen LogP contribution in [0, 0.1) is 0 Å². The predicted octanol–water partition coefficient (Wildman–Crippen LogP) is 2.32. The molecule has 1 aliphatic heterocycles. The van der Waals surface area contributed by atoms with Gasteiger partial charge in [-0.25, -0.2) is 4.98 Å². The minimum atomic E-state index is 0.689. The van der Waals surface area contributed by atoms with Crippen molar-refractivity contribution in [1.82, 2.24) is 14.9 Å². The zero-order valence-electron chi connectivity index (χ0n) is 10.2. The predicted molar refractivity (Wildman–Crippen MR) is 66.5 cm³/mol. The Morgan fingerprint density at radius 1 is 1.50 bits per heavy atom. The second-order valence-corrected chi connectivity index (χ2v) is 4.78. The van der Waals surface area contributed by atoms with Crippen LogP contribution >= 0.6 is 0 Å². The van der Waals surface area contributed by atoms with Crippen molar-refractivity contribution in [3.63, 3.8) is 0 Å². The molecule has 0 radical (unpaired) electrons. The minimum Gasteiger partial charge on any atom is -0.331 e. The van der Waals surface area contributed by atoms with Gasteiger partial charge in [-0.15, -0.1) is 0 Å². The van der Waals surface area contributed by atoms with Crippen LogP contribution in [0.25, 0.3) is 0 Å². The molecule has 2 heterocycles. The third-order valence-electron chi connectivity index (χ3n) is 3.20. The molecule has 1 fully saturated rings. The summed E-state index contributed by atoms with van der Waals surface area (Å²) in [6.07, 6.45) is 8.72. The van der Waals surface area contributed by atoms with Crippen molar-refractivity contribution in [2.45, 2.75) is 39.2 Å². The number of rotatable bonds is 3. The van der Waals surface area contributed by atoms with Gasteiger partial charge in [-0.05, 0) is 39.8 Å². The van der Waals surface area contributed by atoms with Crippen molar-refractivity contribution >= 4 is 0 Å². The Morgan fingerprint density at radius 3 is 2.94 bits per heavy atom. The SMILES string of the molecule is CC(C)=CCn1cncc1C1CCNCC1. The highest BCUT2D eigenvalue weighted by molar-refractivity contribution is 5.09. The van der Waals surface area contributed by atoms with Crippen LogP contribution in [0.2, 0.25) is 0 Å². The molecule has 1 N–H and O–H groups in total. The summed E-state index contributed by atoms with van der Waals surface area (Å²) < 4.78 is 2.28. The number of nitrogens with one attached hydrogen (secondary N) is 1. The Bertz CT molecular complexity index is 355. The highest BCUT2D eigenvalue weighted by atomic mass is 15.0. The van der Waals surface area contributed by atoms with Gasteiger partial charge in [0.15, 0.2) is 0 Å². The van der Waals surface area contributed by atoms with E-state index in [1.54, 1.807) is 0 Å². The zero-order valence-corrected chi connectivity index (χ0v) is 10.2. The fourth-order valence-electron chi connectivity index (χ4n) is 2.22. The van der Waals surface area contributed by atoms with E-state index < -0.39 is 0 Å². The maximum absolute atomic E-state index is 4.29. The van der Waals surface area contributed by atoms with Crippen molar-refractivity contribution in [3.05, 3.63) is 29.9 Å². The normalized spacial score (nSPS) is 17.4. The van der Waals surface area contributed by atoms with Crippen molar-refractivity contribution in [2.75, 3.05) is 13.1 Å². The van der Waals surface area contributed by atoms with E-state index in [2.05, 4.69) is 34.8 Å². The second kappa shape index (κ2) is 5.30. The highest BCUT2D eigenvalue weighted by Crippen LogP contribution is 2.24. The van der Waals surface area contributed by atoms with E-state index in [-0.39, 0.29) is 0 Å². The lowest BCUT2D eigenvalue weighted by molar-refractivity contribution is 0.443. The topological polar surface area (TPSA) is 29.9 Å². The first kappa shape index (κ1) is 11.4. The van der Waals surface area contributed by atoms with Crippen LogP contribution in [0.15, 0.2) is 24.2 Å². The van der Waals surface area contributed by atoms with E-state index in [0.29, 0.717) is 5.92 Å². The molecule has 3 nitrogen and oxygen atoms in total. The lowest BCUT2D eigenvalue weighted by atomic mass is 9.95. The molecule has 0 atom stereocenters. The molecule has 1 saturated heterocycles. The second-order valence-electron chi connectivity index (χ2n) is 4.78. The number of imidazole rings is 1. The summed E-state index contributed by atoms with van der Waals surface area (Å²) in [6, 6.07) is 0. The molecule has 88 valence electrons. The molecule has 1 aromatic rings. The number of piperidine rings is 1. The number of allylic oxidation sites excluding steroid dienone is 2. The quantitative estimate of drug-likeness (QED) is 0.791. The minimum absolute atomic E-state index is 0.689. The molecular weight excluding hydrogens is 198 g/mol. The third-order valence-corrected chi connectivity index (χ3v) is 3.20. The van der Waals surface area contributed by atoms with Gasteiger partial charge in [0.1, 0.15) is 0 Å². The molecule has 0 aromatic carbocycles. The lowest BCUT2D eigenvalue weighted by Crippen LogP contribution is -2.27. The fourth-order valence-corrected chi connectivity index (χ4v) is 2.22. The molecule has 0 unspecified atom stereocenters. The van der Waals surface area contributed by atoms with Gasteiger partial charge in [0.2, 0.25) is 0 Å². The maximum Gasteiger partial charge on any atom is 0.0951 e. The molecule has 0 saturated carbocycles. The van der Waals surface area contributed by atoms with Gasteiger partial charge in [0, 0.05) is 24.4 Å². The fraction of sp³-hybridized carbons (Fsp3) is 0.615. The van der Waals surface area contributed by atoms with Gasteiger partial charge < -0.3 is 9.88 Å². The Hall–Kier alpha value is -1.09. The summed E-state index contributed by atoms with van der Waals surface area (Å²) in [6.45, 7) is 7.51. The summed E-state index contributed by atoms with van der Waals surface area (Å²) >= 11 is 0. The van der Waals surface area contributed by atoms with E-state index in [1.807, 2.05) is 12.5 Å². The molecule has 16 heavy (non-hydrogen) atoms. The average Bonchev–Trinajstić information content (AvgIpc) is 2.75. The van der Waals surface area contributed by atoms with Crippen molar-refractivity contribution < 1.29 is 0 Å². The van der Waals surface area contributed by atoms with Gasteiger partial charge in [0.05, 0.1) is 6.33 Å². The number of aromatic nitrogens is 2. The number of nitrogens with zero attached hydrogens (tertiary/aromatic N) is 2. The summed E-state index contributed by atoms with van der Waals surface area (Å²) in [4.78, 5) is 4.29. The summed E-state index contributed by atoms with van der Waals surface area (Å²) in [5.41, 5.74) is 2.77. The van der Waals surface area contributed by atoms with Gasteiger partial charge in [-0.3, -0.25) is 0 Å². The molecular formula is C13H21N3. The Balaban J connectivity index is 2.08. The van der Waals surface area contributed by atoms with E-state index in [4.69, 9.17) is 0 Å². The summed E-state index contributed by atoms with van der Waals surface area (Å²) in [5, 5.41) is 3.40. The van der Waals surface area contributed by atoms with Crippen LogP contribution in [0.3, 0.4) is 0 Å². The van der Waals surface area contributed by atoms with E-state index in [0.717, 1.165) is 19.6 Å². The van der Waals surface area contributed by atoms with Crippen molar-refractivity contribution in [3.8, 4) is 0 Å². The van der Waals surface area contributed by atoms with Gasteiger partial charge in [0.25, 0.3) is 0 Å². The monoisotopic (exact) mass is 219 g/mol. The van der Waals surface area contributed by atoms with E-state index in [1.165, 1.54) is 24.1 Å². The van der Waals surface area contributed by atoms with Gasteiger partial charge in [-0.1, -0.05) is 11.6 Å². The first-order valence-electron chi connectivity index (χ1n) is 6.11. The number of hydrogen-bond donors (Lipinski definition) is 1. The molecule has 0 aliphatic carbocycles.